The molecule has 22 heavy (non-hydrogen) atoms. The topological polar surface area (TPSA) is 79.8 Å². The Kier molecular flexibility index (Phi) is 4.87. The summed E-state index contributed by atoms with van der Waals surface area (Å²) >= 11 is 17.8. The molecule has 6 nitrogen and oxygen atoms in total. The molecule has 2 unspecified atom stereocenters. The Morgan fingerprint density at radius 2 is 2.09 bits per heavy atom. The van der Waals surface area contributed by atoms with Gasteiger partial charge in [0.1, 0.15) is 13.1 Å². The maximum atomic E-state index is 12.2. The number of nitrogens with two attached hydrogens (primary N) is 1. The third-order valence-corrected chi connectivity index (χ3v) is 4.77. The highest BCUT2D eigenvalue weighted by molar-refractivity contribution is 6.67. The van der Waals surface area contributed by atoms with Crippen LogP contribution in [0.1, 0.15) is 18.1 Å². The molecule has 0 spiro atoms. The quantitative estimate of drug-likeness (QED) is 0.482. The van der Waals surface area contributed by atoms with Crippen LogP contribution in [0.15, 0.2) is 28.6 Å². The molecule has 0 fully saturated rings. The second-order valence-corrected chi connectivity index (χ2v) is 7.87. The van der Waals surface area contributed by atoms with Gasteiger partial charge in [0, 0.05) is 11.3 Å². The average Bonchev–Trinajstić information content (AvgIpc) is 2.74. The summed E-state index contributed by atoms with van der Waals surface area (Å²) in [5.41, 5.74) is 10.7. The lowest BCUT2D eigenvalue weighted by atomic mass is 10.1. The number of nitrogen functional groups attached to an aromatic ring is 1. The van der Waals surface area contributed by atoms with Crippen molar-refractivity contribution in [3.05, 3.63) is 29.3 Å². The molecule has 1 aromatic carbocycles. The van der Waals surface area contributed by atoms with Crippen LogP contribution in [0.25, 0.3) is 0 Å². The van der Waals surface area contributed by atoms with E-state index in [1.54, 1.807) is 13.0 Å². The normalized spacial score (nSPS) is 22.7. The highest BCUT2D eigenvalue weighted by Crippen LogP contribution is 2.37. The van der Waals surface area contributed by atoms with Crippen molar-refractivity contribution < 1.29 is 9.39 Å². The number of quaternary nitrogens is 1. The van der Waals surface area contributed by atoms with Crippen molar-refractivity contribution in [2.24, 2.45) is 16.4 Å². The summed E-state index contributed by atoms with van der Waals surface area (Å²) < 4.78 is -1.78. The zero-order valence-corrected chi connectivity index (χ0v) is 14.5. The lowest BCUT2D eigenvalue weighted by Crippen LogP contribution is -2.51. The van der Waals surface area contributed by atoms with E-state index in [2.05, 4.69) is 15.9 Å². The highest BCUT2D eigenvalue weighted by Gasteiger charge is 2.47. The first-order valence-electron chi connectivity index (χ1n) is 6.66. The van der Waals surface area contributed by atoms with Crippen LogP contribution in [0.2, 0.25) is 0 Å². The number of halogens is 3. The molecule has 1 aliphatic heterocycles. The van der Waals surface area contributed by atoms with E-state index in [-0.39, 0.29) is 17.2 Å². The summed E-state index contributed by atoms with van der Waals surface area (Å²) in [6.45, 7) is 4.18. The second kappa shape index (κ2) is 6.20. The van der Waals surface area contributed by atoms with Gasteiger partial charge >= 0.3 is 6.03 Å². The fourth-order valence-electron chi connectivity index (χ4n) is 2.27. The first-order valence-corrected chi connectivity index (χ1v) is 7.79. The van der Waals surface area contributed by atoms with Gasteiger partial charge in [-0.2, -0.15) is 5.43 Å². The lowest BCUT2D eigenvalue weighted by molar-refractivity contribution is -0.872. The summed E-state index contributed by atoms with van der Waals surface area (Å²) in [7, 11) is 0. The van der Waals surface area contributed by atoms with Crippen molar-refractivity contribution in [1.29, 1.82) is 0 Å². The zero-order valence-electron chi connectivity index (χ0n) is 12.2. The number of nitrogens with one attached hydrogen (secondary N) is 1. The Labute approximate surface area is 143 Å². The van der Waals surface area contributed by atoms with Gasteiger partial charge in [-0.15, -0.1) is 0 Å². The first-order chi connectivity index (χ1) is 10.1. The fourth-order valence-corrected chi connectivity index (χ4v) is 2.47. The van der Waals surface area contributed by atoms with E-state index in [0.29, 0.717) is 12.2 Å². The summed E-state index contributed by atoms with van der Waals surface area (Å²) in [5, 5.41) is 7.68. The predicted octanol–water partition coefficient (Wildman–Crippen LogP) is 3.91. The number of alkyl halides is 3. The molecule has 2 atom stereocenters. The monoisotopic (exact) mass is 364 g/mol. The molecule has 0 aliphatic carbocycles. The lowest BCUT2D eigenvalue weighted by Gasteiger charge is -2.28. The molecule has 1 aliphatic rings. The Bertz CT molecular complexity index is 616. The second-order valence-electron chi connectivity index (χ2n) is 5.50. The smallest absolute Gasteiger partial charge is 0.399 e. The highest BCUT2D eigenvalue weighted by atomic mass is 35.6. The van der Waals surface area contributed by atoms with Crippen LogP contribution in [-0.4, -0.2) is 21.0 Å². The number of carbonyl (C=O) groups excluding carboxylic acids is 1. The van der Waals surface area contributed by atoms with Gasteiger partial charge in [-0.1, -0.05) is 52.4 Å². The minimum atomic E-state index is -1.49. The van der Waals surface area contributed by atoms with Crippen LogP contribution in [-0.2, 0) is 6.54 Å². The minimum absolute atomic E-state index is 0.218. The van der Waals surface area contributed by atoms with Crippen molar-refractivity contribution in [3.8, 4) is 0 Å². The van der Waals surface area contributed by atoms with Gasteiger partial charge in [-0.3, -0.25) is 0 Å². The van der Waals surface area contributed by atoms with Gasteiger partial charge in [0.05, 0.1) is 11.1 Å². The number of benzene rings is 1. The van der Waals surface area contributed by atoms with E-state index in [4.69, 9.17) is 40.5 Å². The number of nitrogens with zero attached hydrogens (tertiary/aromatic N) is 3. The molecule has 120 valence electrons. The molecular formula is C13H17Cl3N5O+. The van der Waals surface area contributed by atoms with Gasteiger partial charge < -0.3 is 5.73 Å². The molecule has 1 heterocycles. The minimum Gasteiger partial charge on any atom is -0.399 e. The van der Waals surface area contributed by atoms with Crippen molar-refractivity contribution in [2.75, 3.05) is 12.3 Å². The summed E-state index contributed by atoms with van der Waals surface area (Å²) in [4.78, 5) is 12.2. The SMILES string of the molecule is Cc1cc(C[N+]2(CC(C)C(Cl)(Cl)Cl)N=NNC2=O)ccc1N. The number of amides is 2. The summed E-state index contributed by atoms with van der Waals surface area (Å²) in [6.07, 6.45) is 0. The van der Waals surface area contributed by atoms with Crippen LogP contribution in [0.3, 0.4) is 0 Å². The molecule has 3 N–H and O–H groups in total. The van der Waals surface area contributed by atoms with E-state index in [1.807, 2.05) is 19.1 Å². The number of aryl methyl sites for hydroxylation is 1. The number of carbonyl (C=O) groups is 1. The largest absolute Gasteiger partial charge is 0.466 e. The number of hydrogen-bond donors (Lipinski definition) is 2. The van der Waals surface area contributed by atoms with Gasteiger partial charge in [-0.05, 0) is 29.8 Å². The first kappa shape index (κ1) is 17.3. The maximum Gasteiger partial charge on any atom is 0.466 e. The molecule has 0 bridgehead atoms. The fraction of sp³-hybridized carbons (Fsp3) is 0.462. The van der Waals surface area contributed by atoms with Crippen molar-refractivity contribution in [2.45, 2.75) is 24.2 Å². The number of urea groups is 1. The van der Waals surface area contributed by atoms with Crippen LogP contribution < -0.4 is 11.2 Å². The van der Waals surface area contributed by atoms with Gasteiger partial charge in [0.2, 0.25) is 0 Å². The number of anilines is 1. The van der Waals surface area contributed by atoms with Crippen LogP contribution in [0.5, 0.6) is 0 Å². The Hall–Kier alpha value is -1.08. The molecule has 0 radical (unpaired) electrons. The zero-order chi connectivity index (χ0) is 16.5. The Morgan fingerprint density at radius 1 is 1.41 bits per heavy atom. The number of hydrogen-bond acceptors (Lipinski definition) is 4. The molecule has 0 saturated carbocycles. The van der Waals surface area contributed by atoms with E-state index < -0.39 is 9.71 Å². The van der Waals surface area contributed by atoms with Crippen molar-refractivity contribution in [1.82, 2.24) is 5.43 Å². The summed E-state index contributed by atoms with van der Waals surface area (Å²) in [6, 6.07) is 5.21. The summed E-state index contributed by atoms with van der Waals surface area (Å²) in [5.74, 6) is -0.393. The van der Waals surface area contributed by atoms with Crippen LogP contribution in [0.4, 0.5) is 10.5 Å². The van der Waals surface area contributed by atoms with Gasteiger partial charge in [-0.25, -0.2) is 4.79 Å². The third kappa shape index (κ3) is 3.63. The standard InChI is InChI=1S/C13H16Cl3N5O/c1-8-5-10(3-4-11(8)17)7-21(12(22)18-19-20-21)6-9(2)13(14,15)16/h3-5,9H,6-7,17H2,1-2H3/p+1. The molecule has 0 aromatic heterocycles. The molecule has 0 saturated heterocycles. The van der Waals surface area contributed by atoms with Crippen molar-refractivity contribution in [3.63, 3.8) is 0 Å². The Balaban J connectivity index is 2.29. The van der Waals surface area contributed by atoms with Crippen molar-refractivity contribution >= 4 is 46.5 Å². The predicted molar refractivity (Wildman–Crippen MR) is 87.3 cm³/mol. The molecular weight excluding hydrogens is 349 g/mol. The molecule has 2 rings (SSSR count). The molecule has 1 aromatic rings. The number of rotatable bonds is 4. The van der Waals surface area contributed by atoms with Crippen LogP contribution in [0, 0.1) is 12.8 Å². The van der Waals surface area contributed by atoms with E-state index in [1.165, 1.54) is 0 Å². The third-order valence-electron chi connectivity index (χ3n) is 3.65. The molecule has 2 amide bonds. The van der Waals surface area contributed by atoms with Crippen LogP contribution >= 0.6 is 34.8 Å². The van der Waals surface area contributed by atoms with Gasteiger partial charge in [0.15, 0.2) is 3.79 Å². The molecule has 9 heteroatoms. The van der Waals surface area contributed by atoms with E-state index in [0.717, 1.165) is 11.1 Å². The van der Waals surface area contributed by atoms with E-state index >= 15 is 0 Å². The average molecular weight is 366 g/mol. The maximum absolute atomic E-state index is 12.2. The van der Waals surface area contributed by atoms with Gasteiger partial charge in [0.25, 0.3) is 0 Å². The Morgan fingerprint density at radius 3 is 2.59 bits per heavy atom. The van der Waals surface area contributed by atoms with E-state index in [9.17, 15) is 4.79 Å².